The number of likely N-dealkylation sites (N-methyl/N-ethyl adjacent to an activating group) is 2. The number of hydrogen-bond acceptors (Lipinski definition) is 5. The van der Waals surface area contributed by atoms with Crippen molar-refractivity contribution in [1.29, 1.82) is 0 Å². The average molecular weight is 463 g/mol. The van der Waals surface area contributed by atoms with E-state index in [-0.39, 0.29) is 36.4 Å². The second-order valence-electron chi connectivity index (χ2n) is 10.0. The largest absolute Gasteiger partial charge is 0.488 e. The van der Waals surface area contributed by atoms with Gasteiger partial charge in [-0.25, -0.2) is 9.59 Å². The minimum absolute atomic E-state index is 0.000575. The summed E-state index contributed by atoms with van der Waals surface area (Å²) in [6, 6.07) is 4.94. The summed E-state index contributed by atoms with van der Waals surface area (Å²) in [6.45, 7) is 12.0. The monoisotopic (exact) mass is 462 g/mol. The molecule has 1 aromatic carbocycles. The van der Waals surface area contributed by atoms with Gasteiger partial charge in [0, 0.05) is 43.9 Å². The molecule has 2 rings (SSSR count). The minimum Gasteiger partial charge on any atom is -0.488 e. The van der Waals surface area contributed by atoms with Gasteiger partial charge in [0.05, 0.1) is 13.0 Å². The van der Waals surface area contributed by atoms with Gasteiger partial charge in [-0.2, -0.15) is 0 Å². The van der Waals surface area contributed by atoms with Crippen LogP contribution in [0, 0.1) is 5.92 Å². The Morgan fingerprint density at radius 1 is 1.30 bits per heavy atom. The van der Waals surface area contributed by atoms with Crippen molar-refractivity contribution in [1.82, 2.24) is 15.1 Å². The molecule has 184 valence electrons. The molecule has 2 N–H and O–H groups in total. The molecule has 1 aromatic rings. The number of ether oxygens (including phenoxy) is 2. The maximum absolute atomic E-state index is 12.8. The second kappa shape index (κ2) is 10.8. The van der Waals surface area contributed by atoms with Crippen molar-refractivity contribution in [3.8, 4) is 5.75 Å². The number of rotatable bonds is 4. The summed E-state index contributed by atoms with van der Waals surface area (Å²) in [7, 11) is 3.43. The minimum atomic E-state index is -0.596. The first-order chi connectivity index (χ1) is 15.2. The van der Waals surface area contributed by atoms with E-state index in [1.807, 2.05) is 41.5 Å². The van der Waals surface area contributed by atoms with Gasteiger partial charge in [-0.05, 0) is 52.8 Å². The van der Waals surface area contributed by atoms with E-state index in [2.05, 4.69) is 10.6 Å². The molecule has 9 heteroatoms. The number of hydrogen-bond donors (Lipinski definition) is 2. The molecule has 0 radical (unpaired) electrons. The van der Waals surface area contributed by atoms with Gasteiger partial charge in [-0.1, -0.05) is 6.92 Å². The number of fused-ring (bicyclic) bond motifs is 1. The lowest BCUT2D eigenvalue weighted by molar-refractivity contribution is -0.129. The van der Waals surface area contributed by atoms with E-state index in [0.717, 1.165) is 0 Å². The van der Waals surface area contributed by atoms with E-state index in [1.165, 1.54) is 4.90 Å². The lowest BCUT2D eigenvalue weighted by Crippen LogP contribution is -2.45. The number of nitrogens with one attached hydrogen (secondary N) is 2. The zero-order chi connectivity index (χ0) is 24.9. The van der Waals surface area contributed by atoms with Crippen molar-refractivity contribution in [3.05, 3.63) is 23.8 Å². The third-order valence-corrected chi connectivity index (χ3v) is 5.14. The van der Waals surface area contributed by atoms with Crippen LogP contribution in [0.5, 0.6) is 5.75 Å². The van der Waals surface area contributed by atoms with Crippen molar-refractivity contribution < 1.29 is 23.9 Å². The van der Waals surface area contributed by atoms with E-state index in [9.17, 15) is 14.4 Å². The Balaban J connectivity index is 2.27. The van der Waals surface area contributed by atoms with E-state index >= 15 is 0 Å². The molecule has 0 spiro atoms. The van der Waals surface area contributed by atoms with Gasteiger partial charge >= 0.3 is 12.1 Å². The lowest BCUT2D eigenvalue weighted by atomic mass is 10.0. The predicted octanol–water partition coefficient (Wildman–Crippen LogP) is 3.48. The van der Waals surface area contributed by atoms with Crippen molar-refractivity contribution >= 4 is 23.7 Å². The molecular formula is C24H38N4O5. The Kier molecular flexibility index (Phi) is 8.57. The zero-order valence-corrected chi connectivity index (χ0v) is 21.0. The normalized spacial score (nSPS) is 18.9. The highest BCUT2D eigenvalue weighted by Gasteiger charge is 2.30. The summed E-state index contributed by atoms with van der Waals surface area (Å²) in [4.78, 5) is 40.5. The Bertz CT molecular complexity index is 865. The molecule has 4 amide bonds. The molecule has 0 aromatic heterocycles. The van der Waals surface area contributed by atoms with Gasteiger partial charge in [-0.3, -0.25) is 4.79 Å². The van der Waals surface area contributed by atoms with Crippen molar-refractivity contribution in [2.24, 2.45) is 5.92 Å². The molecule has 2 atom stereocenters. The van der Waals surface area contributed by atoms with Gasteiger partial charge in [-0.15, -0.1) is 0 Å². The van der Waals surface area contributed by atoms with Crippen LogP contribution in [0.4, 0.5) is 15.3 Å². The van der Waals surface area contributed by atoms with Crippen LogP contribution >= 0.6 is 0 Å². The summed E-state index contributed by atoms with van der Waals surface area (Å²) >= 11 is 0. The van der Waals surface area contributed by atoms with Crippen molar-refractivity contribution in [2.75, 3.05) is 32.5 Å². The van der Waals surface area contributed by atoms with Crippen LogP contribution in [0.1, 0.15) is 47.1 Å². The summed E-state index contributed by atoms with van der Waals surface area (Å²) in [5, 5.41) is 5.56. The van der Waals surface area contributed by atoms with Crippen LogP contribution in [0.3, 0.4) is 0 Å². The maximum Gasteiger partial charge on any atom is 0.410 e. The highest BCUT2D eigenvalue weighted by Crippen LogP contribution is 2.28. The fraction of sp³-hybridized carbons (Fsp3) is 0.625. The van der Waals surface area contributed by atoms with Gasteiger partial charge < -0.3 is 29.9 Å². The number of carbonyl (C=O) groups is 3. The molecule has 9 nitrogen and oxygen atoms in total. The summed E-state index contributed by atoms with van der Waals surface area (Å²) in [5.74, 6) is 0.476. The molecular weight excluding hydrogens is 424 g/mol. The fourth-order valence-electron chi connectivity index (χ4n) is 3.47. The summed E-state index contributed by atoms with van der Waals surface area (Å²) in [6.07, 6.45) is -0.648. The topological polar surface area (TPSA) is 100 Å². The third kappa shape index (κ3) is 8.14. The maximum atomic E-state index is 12.8. The zero-order valence-electron chi connectivity index (χ0n) is 21.0. The Hall–Kier alpha value is -2.97. The second-order valence-corrected chi connectivity index (χ2v) is 10.0. The highest BCUT2D eigenvalue weighted by molar-refractivity contribution is 5.90. The molecule has 0 saturated heterocycles. The number of amides is 4. The van der Waals surface area contributed by atoms with Crippen molar-refractivity contribution in [2.45, 2.75) is 65.7 Å². The number of nitrogens with zero attached hydrogens (tertiary/aromatic N) is 2. The average Bonchev–Trinajstić information content (AvgIpc) is 2.69. The SMILES string of the molecule is CC(C)NC(=O)Nc1ccc2c(c1)CC(=O)N(C)C[C@H](C)[C@@H](CN(C)C(=O)OC(C)(C)C)O2. The highest BCUT2D eigenvalue weighted by atomic mass is 16.6. The number of urea groups is 1. The summed E-state index contributed by atoms with van der Waals surface area (Å²) in [5.41, 5.74) is 0.648. The van der Waals surface area contributed by atoms with Crippen LogP contribution in [0.15, 0.2) is 18.2 Å². The quantitative estimate of drug-likeness (QED) is 0.714. The van der Waals surface area contributed by atoms with Crippen LogP contribution in [-0.4, -0.2) is 72.8 Å². The molecule has 0 unspecified atom stereocenters. The molecule has 33 heavy (non-hydrogen) atoms. The van der Waals surface area contributed by atoms with E-state index in [4.69, 9.17) is 9.47 Å². The standard InChI is InChI=1S/C24H38N4O5/c1-15(2)25-22(30)26-18-9-10-19-17(11-18)12-21(29)27(7)13-16(3)20(32-19)14-28(8)23(31)33-24(4,5)6/h9-11,15-16,20H,12-14H2,1-8H3,(H2,25,26,30)/t16-,20+/m0/s1. The third-order valence-electron chi connectivity index (χ3n) is 5.14. The van der Waals surface area contributed by atoms with Crippen LogP contribution in [0.2, 0.25) is 0 Å². The van der Waals surface area contributed by atoms with Crippen LogP contribution < -0.4 is 15.4 Å². The van der Waals surface area contributed by atoms with Crippen LogP contribution in [-0.2, 0) is 16.0 Å². The molecule has 1 heterocycles. The first-order valence-electron chi connectivity index (χ1n) is 11.3. The number of carbonyl (C=O) groups excluding carboxylic acids is 3. The Morgan fingerprint density at radius 3 is 2.58 bits per heavy atom. The lowest BCUT2D eigenvalue weighted by Gasteiger charge is -2.31. The van der Waals surface area contributed by atoms with Gasteiger partial charge in [0.2, 0.25) is 5.91 Å². The predicted molar refractivity (Wildman–Crippen MR) is 128 cm³/mol. The van der Waals surface area contributed by atoms with Crippen molar-refractivity contribution in [3.63, 3.8) is 0 Å². The molecule has 0 bridgehead atoms. The van der Waals surface area contributed by atoms with E-state index in [1.54, 1.807) is 37.2 Å². The van der Waals surface area contributed by atoms with Gasteiger partial charge in [0.15, 0.2) is 0 Å². The molecule has 0 fully saturated rings. The first-order valence-corrected chi connectivity index (χ1v) is 11.3. The van der Waals surface area contributed by atoms with Crippen LogP contribution in [0.25, 0.3) is 0 Å². The Labute approximate surface area is 196 Å². The molecule has 0 saturated carbocycles. The first kappa shape index (κ1) is 26.3. The Morgan fingerprint density at radius 2 is 1.97 bits per heavy atom. The summed E-state index contributed by atoms with van der Waals surface area (Å²) < 4.78 is 11.8. The van der Waals surface area contributed by atoms with Gasteiger partial charge in [0.1, 0.15) is 17.5 Å². The number of benzene rings is 1. The smallest absolute Gasteiger partial charge is 0.410 e. The van der Waals surface area contributed by atoms with Gasteiger partial charge in [0.25, 0.3) is 0 Å². The fourth-order valence-corrected chi connectivity index (χ4v) is 3.47. The van der Waals surface area contributed by atoms with E-state index in [0.29, 0.717) is 30.1 Å². The number of anilines is 1. The molecule has 1 aliphatic heterocycles. The molecule has 1 aliphatic rings. The van der Waals surface area contributed by atoms with E-state index < -0.39 is 11.7 Å². The molecule has 0 aliphatic carbocycles.